The summed E-state index contributed by atoms with van der Waals surface area (Å²) in [5, 5.41) is 0. The molecule has 3 atom stereocenters. The Bertz CT molecular complexity index is 330. The Morgan fingerprint density at radius 1 is 1.33 bits per heavy atom. The van der Waals surface area contributed by atoms with Crippen LogP contribution >= 0.6 is 0 Å². The minimum absolute atomic E-state index is 0.137. The molecule has 0 aromatic heterocycles. The largest absolute Gasteiger partial charge is 0.461 e. The summed E-state index contributed by atoms with van der Waals surface area (Å²) in [6.07, 6.45) is 3.72. The van der Waals surface area contributed by atoms with E-state index in [4.69, 9.17) is 16.2 Å². The van der Waals surface area contributed by atoms with E-state index in [1.165, 1.54) is 0 Å². The fourth-order valence-electron chi connectivity index (χ4n) is 2.36. The minimum atomic E-state index is -1.72. The lowest BCUT2D eigenvalue weighted by Crippen LogP contribution is -2.62. The smallest absolute Gasteiger partial charge is 0.336 e. The number of primary amides is 1. The number of carbonyl (C=O) groups is 2. The van der Waals surface area contributed by atoms with Crippen molar-refractivity contribution in [2.45, 2.75) is 58.1 Å². The first-order valence-corrected chi connectivity index (χ1v) is 6.58. The van der Waals surface area contributed by atoms with Gasteiger partial charge in [-0.25, -0.2) is 4.79 Å². The Balaban J connectivity index is 2.71. The molecule has 0 radical (unpaired) electrons. The average Bonchev–Trinajstić information content (AvgIpc) is 2.27. The number of esters is 1. The van der Waals surface area contributed by atoms with Gasteiger partial charge in [0.05, 0.1) is 0 Å². The van der Waals surface area contributed by atoms with Gasteiger partial charge in [0.15, 0.2) is 5.54 Å². The van der Waals surface area contributed by atoms with Crippen LogP contribution in [0.5, 0.6) is 0 Å². The van der Waals surface area contributed by atoms with Crippen molar-refractivity contribution < 1.29 is 14.3 Å². The van der Waals surface area contributed by atoms with E-state index in [9.17, 15) is 9.59 Å². The molecule has 1 saturated carbocycles. The van der Waals surface area contributed by atoms with Crippen molar-refractivity contribution in [3.63, 3.8) is 0 Å². The summed E-state index contributed by atoms with van der Waals surface area (Å²) in [4.78, 5) is 23.5. The maximum atomic E-state index is 12.1. The molecule has 1 aliphatic carbocycles. The molecular formula is C13H24N2O3. The molecule has 0 saturated heterocycles. The molecule has 18 heavy (non-hydrogen) atoms. The number of hydrogen-bond donors (Lipinski definition) is 2. The van der Waals surface area contributed by atoms with E-state index in [0.29, 0.717) is 5.92 Å². The van der Waals surface area contributed by atoms with Gasteiger partial charge in [-0.1, -0.05) is 27.2 Å². The van der Waals surface area contributed by atoms with Crippen molar-refractivity contribution in [3.05, 3.63) is 0 Å². The van der Waals surface area contributed by atoms with Crippen LogP contribution < -0.4 is 11.5 Å². The van der Waals surface area contributed by atoms with E-state index < -0.39 is 17.4 Å². The van der Waals surface area contributed by atoms with Crippen molar-refractivity contribution in [2.75, 3.05) is 0 Å². The Kier molecular flexibility index (Phi) is 4.73. The first kappa shape index (κ1) is 15.0. The van der Waals surface area contributed by atoms with Gasteiger partial charge in [0.25, 0.3) is 0 Å². The lowest BCUT2D eigenvalue weighted by atomic mass is 9.85. The number of hydrogen-bond acceptors (Lipinski definition) is 4. The number of carbonyl (C=O) groups excluding carboxylic acids is 2. The molecule has 0 aromatic carbocycles. The molecule has 5 nitrogen and oxygen atoms in total. The van der Waals surface area contributed by atoms with Gasteiger partial charge in [0.2, 0.25) is 5.91 Å². The van der Waals surface area contributed by atoms with Crippen LogP contribution in [0.15, 0.2) is 0 Å². The van der Waals surface area contributed by atoms with Crippen molar-refractivity contribution in [1.82, 2.24) is 0 Å². The van der Waals surface area contributed by atoms with E-state index in [-0.39, 0.29) is 12.0 Å². The van der Waals surface area contributed by atoms with Gasteiger partial charge in [0.1, 0.15) is 6.10 Å². The Labute approximate surface area is 108 Å². The SMILES string of the molecule is CC1CCCC(OC(=O)[C@@](N)(C(N)=O)C(C)C)C1. The van der Waals surface area contributed by atoms with Crippen molar-refractivity contribution in [3.8, 4) is 0 Å². The van der Waals surface area contributed by atoms with Gasteiger partial charge in [-0.05, 0) is 31.1 Å². The molecular weight excluding hydrogens is 232 g/mol. The molecule has 0 aromatic rings. The third kappa shape index (κ3) is 3.02. The first-order chi connectivity index (χ1) is 8.28. The monoisotopic (exact) mass is 256 g/mol. The lowest BCUT2D eigenvalue weighted by Gasteiger charge is -2.32. The van der Waals surface area contributed by atoms with Crippen LogP contribution in [-0.2, 0) is 14.3 Å². The normalized spacial score (nSPS) is 27.6. The first-order valence-electron chi connectivity index (χ1n) is 6.58. The highest BCUT2D eigenvalue weighted by Gasteiger charge is 2.46. The van der Waals surface area contributed by atoms with E-state index in [1.54, 1.807) is 13.8 Å². The predicted molar refractivity (Wildman–Crippen MR) is 68.5 cm³/mol. The maximum absolute atomic E-state index is 12.1. The van der Waals surface area contributed by atoms with Gasteiger partial charge in [-0.15, -0.1) is 0 Å². The summed E-state index contributed by atoms with van der Waals surface area (Å²) < 4.78 is 5.38. The van der Waals surface area contributed by atoms with E-state index in [1.807, 2.05) is 0 Å². The molecule has 0 spiro atoms. The summed E-state index contributed by atoms with van der Waals surface area (Å²) in [6.45, 7) is 5.51. The van der Waals surface area contributed by atoms with Crippen LogP contribution in [0.3, 0.4) is 0 Å². The van der Waals surface area contributed by atoms with E-state index in [2.05, 4.69) is 6.92 Å². The van der Waals surface area contributed by atoms with Crippen LogP contribution in [0.2, 0.25) is 0 Å². The van der Waals surface area contributed by atoms with Crippen LogP contribution in [0, 0.1) is 11.8 Å². The van der Waals surface area contributed by atoms with Crippen LogP contribution in [0.4, 0.5) is 0 Å². The van der Waals surface area contributed by atoms with Gasteiger partial charge < -0.3 is 16.2 Å². The molecule has 104 valence electrons. The van der Waals surface area contributed by atoms with Gasteiger partial charge >= 0.3 is 5.97 Å². The molecule has 0 aliphatic heterocycles. The number of nitrogens with two attached hydrogens (primary N) is 2. The highest BCUT2D eigenvalue weighted by molar-refractivity contribution is 6.06. The zero-order valence-corrected chi connectivity index (χ0v) is 11.4. The summed E-state index contributed by atoms with van der Waals surface area (Å²) in [6, 6.07) is 0. The molecule has 4 N–H and O–H groups in total. The van der Waals surface area contributed by atoms with Gasteiger partial charge in [0, 0.05) is 0 Å². The molecule has 2 unspecified atom stereocenters. The quantitative estimate of drug-likeness (QED) is 0.578. The molecule has 0 heterocycles. The fourth-order valence-corrected chi connectivity index (χ4v) is 2.36. The second-order valence-corrected chi connectivity index (χ2v) is 5.69. The van der Waals surface area contributed by atoms with Crippen LogP contribution in [0.25, 0.3) is 0 Å². The summed E-state index contributed by atoms with van der Waals surface area (Å²) in [5.41, 5.74) is 9.35. The number of amides is 1. The molecule has 1 fully saturated rings. The van der Waals surface area contributed by atoms with E-state index >= 15 is 0 Å². The van der Waals surface area contributed by atoms with Crippen LogP contribution in [-0.4, -0.2) is 23.5 Å². The average molecular weight is 256 g/mol. The zero-order chi connectivity index (χ0) is 13.9. The Hall–Kier alpha value is -1.10. The molecule has 1 aliphatic rings. The van der Waals surface area contributed by atoms with Crippen molar-refractivity contribution >= 4 is 11.9 Å². The van der Waals surface area contributed by atoms with Crippen LogP contribution in [0.1, 0.15) is 46.5 Å². The third-order valence-electron chi connectivity index (χ3n) is 3.82. The summed E-state index contributed by atoms with van der Waals surface area (Å²) in [5.74, 6) is -1.37. The minimum Gasteiger partial charge on any atom is -0.461 e. The second kappa shape index (κ2) is 5.69. The highest BCUT2D eigenvalue weighted by atomic mass is 16.5. The molecule has 5 heteroatoms. The Morgan fingerprint density at radius 2 is 1.94 bits per heavy atom. The van der Waals surface area contributed by atoms with Gasteiger partial charge in [-0.3, -0.25) is 4.79 Å². The number of ether oxygens (including phenoxy) is 1. The number of rotatable bonds is 4. The fraction of sp³-hybridized carbons (Fsp3) is 0.846. The second-order valence-electron chi connectivity index (χ2n) is 5.69. The lowest BCUT2D eigenvalue weighted by molar-refractivity contribution is -0.162. The third-order valence-corrected chi connectivity index (χ3v) is 3.82. The summed E-state index contributed by atoms with van der Waals surface area (Å²) >= 11 is 0. The highest BCUT2D eigenvalue weighted by Crippen LogP contribution is 2.27. The van der Waals surface area contributed by atoms with Gasteiger partial charge in [-0.2, -0.15) is 0 Å². The summed E-state index contributed by atoms with van der Waals surface area (Å²) in [7, 11) is 0. The van der Waals surface area contributed by atoms with Crippen molar-refractivity contribution in [1.29, 1.82) is 0 Å². The maximum Gasteiger partial charge on any atom is 0.336 e. The standard InChI is InChI=1S/C13H24N2O3/c1-8(2)13(15,11(14)16)12(17)18-10-6-4-5-9(3)7-10/h8-10H,4-7,15H2,1-3H3,(H2,14,16)/t9?,10?,13-/m0/s1. The van der Waals surface area contributed by atoms with Crippen molar-refractivity contribution in [2.24, 2.45) is 23.3 Å². The predicted octanol–water partition coefficient (Wildman–Crippen LogP) is 0.947. The topological polar surface area (TPSA) is 95.4 Å². The molecule has 1 amide bonds. The zero-order valence-electron chi connectivity index (χ0n) is 11.4. The molecule has 1 rings (SSSR count). The Morgan fingerprint density at radius 3 is 2.39 bits per heavy atom. The van der Waals surface area contributed by atoms with E-state index in [0.717, 1.165) is 25.7 Å². The molecule has 0 bridgehead atoms.